The van der Waals surface area contributed by atoms with Gasteiger partial charge in [0.25, 0.3) is 6.01 Å². The van der Waals surface area contributed by atoms with Gasteiger partial charge in [0.1, 0.15) is 17.9 Å². The van der Waals surface area contributed by atoms with Crippen molar-refractivity contribution in [3.63, 3.8) is 0 Å². The number of rotatable bonds is 13. The number of carbonyl (C=O) groups excluding carboxylic acids is 1. The molecular weight excluding hydrogens is 468 g/mol. The van der Waals surface area contributed by atoms with Gasteiger partial charge >= 0.3 is 5.97 Å². The number of esters is 1. The van der Waals surface area contributed by atoms with E-state index in [1.54, 1.807) is 12.1 Å². The third-order valence-corrected chi connectivity index (χ3v) is 6.48. The number of hydrogen-bond acceptors (Lipinski definition) is 7. The van der Waals surface area contributed by atoms with E-state index in [9.17, 15) is 9.90 Å². The van der Waals surface area contributed by atoms with Gasteiger partial charge in [-0.1, -0.05) is 61.0 Å². The van der Waals surface area contributed by atoms with Crippen LogP contribution < -0.4 is 9.64 Å². The van der Waals surface area contributed by atoms with Crippen molar-refractivity contribution in [2.24, 2.45) is 5.92 Å². The van der Waals surface area contributed by atoms with E-state index in [0.29, 0.717) is 36.9 Å². The molecule has 1 heterocycles. The lowest BCUT2D eigenvalue weighted by molar-refractivity contribution is -0.150. The van der Waals surface area contributed by atoms with Crippen molar-refractivity contribution in [3.8, 4) is 5.75 Å². The Morgan fingerprint density at radius 3 is 2.46 bits per heavy atom. The number of nitrogens with zero attached hydrogens (tertiary/aromatic N) is 2. The Bertz CT molecular complexity index is 1220. The summed E-state index contributed by atoms with van der Waals surface area (Å²) in [5.74, 6) is -0.327. The van der Waals surface area contributed by atoms with Crippen molar-refractivity contribution < 1.29 is 23.8 Å². The van der Waals surface area contributed by atoms with E-state index in [-0.39, 0.29) is 0 Å². The Hall–Kier alpha value is -3.84. The fraction of sp³-hybridized carbons (Fsp3) is 0.333. The smallest absolute Gasteiger partial charge is 0.311 e. The first kappa shape index (κ1) is 26.2. The molecule has 7 nitrogen and oxygen atoms in total. The number of unbranched alkanes of at least 4 members (excludes halogenated alkanes) is 1. The number of ether oxygens (including phenoxy) is 2. The Morgan fingerprint density at radius 1 is 1.00 bits per heavy atom. The molecular formula is C30H34N2O5. The zero-order chi connectivity index (χ0) is 26.0. The molecule has 0 fully saturated rings. The van der Waals surface area contributed by atoms with Crippen molar-refractivity contribution in [1.82, 2.24) is 4.98 Å². The molecule has 1 aromatic heterocycles. The number of aromatic nitrogens is 1. The lowest BCUT2D eigenvalue weighted by Crippen LogP contribution is -2.24. The van der Waals surface area contributed by atoms with Crippen molar-refractivity contribution in [3.05, 3.63) is 90.0 Å². The second-order valence-corrected chi connectivity index (χ2v) is 9.11. The maximum atomic E-state index is 12.4. The summed E-state index contributed by atoms with van der Waals surface area (Å²) in [6.45, 7) is 1.02. The normalized spacial score (nSPS) is 12.7. The second-order valence-electron chi connectivity index (χ2n) is 9.11. The summed E-state index contributed by atoms with van der Waals surface area (Å²) in [4.78, 5) is 18.8. The molecule has 0 amide bonds. The highest BCUT2D eigenvalue weighted by Crippen LogP contribution is 2.29. The van der Waals surface area contributed by atoms with Gasteiger partial charge in [-0.25, -0.2) is 0 Å². The monoisotopic (exact) mass is 502 g/mol. The molecule has 0 aliphatic heterocycles. The molecule has 4 rings (SSSR count). The van der Waals surface area contributed by atoms with Gasteiger partial charge in [-0.15, -0.1) is 0 Å². The molecule has 0 aliphatic rings. The lowest BCUT2D eigenvalue weighted by atomic mass is 9.90. The Kier molecular flexibility index (Phi) is 9.16. The van der Waals surface area contributed by atoms with E-state index < -0.39 is 18.0 Å². The van der Waals surface area contributed by atoms with Crippen LogP contribution in [-0.4, -0.2) is 43.4 Å². The van der Waals surface area contributed by atoms with Crippen LogP contribution in [0.5, 0.6) is 5.75 Å². The number of hydrogen-bond donors (Lipinski definition) is 1. The number of aliphatic hydroxyl groups excluding tert-OH is 1. The van der Waals surface area contributed by atoms with Crippen LogP contribution in [0.25, 0.3) is 11.1 Å². The molecule has 194 valence electrons. The summed E-state index contributed by atoms with van der Waals surface area (Å²) in [6, 6.07) is 25.7. The minimum Gasteiger partial charge on any atom is -0.492 e. The van der Waals surface area contributed by atoms with Crippen LogP contribution >= 0.6 is 0 Å². The number of aliphatic hydroxyl groups is 1. The summed E-state index contributed by atoms with van der Waals surface area (Å²) in [7, 11) is 3.27. The zero-order valence-electron chi connectivity index (χ0n) is 21.4. The molecule has 0 bridgehead atoms. The van der Waals surface area contributed by atoms with Crippen LogP contribution in [0.15, 0.2) is 83.3 Å². The number of anilines is 1. The highest BCUT2D eigenvalue weighted by atomic mass is 16.5. The second kappa shape index (κ2) is 12.9. The third kappa shape index (κ3) is 7.11. The van der Waals surface area contributed by atoms with Gasteiger partial charge in [0.2, 0.25) is 0 Å². The molecule has 0 spiro atoms. The number of fused-ring (bicyclic) bond motifs is 1. The molecule has 0 aliphatic carbocycles. The van der Waals surface area contributed by atoms with E-state index in [0.717, 1.165) is 30.4 Å². The summed E-state index contributed by atoms with van der Waals surface area (Å²) in [6.07, 6.45) is 2.32. The van der Waals surface area contributed by atoms with Gasteiger partial charge in [0.05, 0.1) is 25.7 Å². The summed E-state index contributed by atoms with van der Waals surface area (Å²) in [5, 5.41) is 11.0. The number of carbonyl (C=O) groups is 1. The van der Waals surface area contributed by atoms with Crippen LogP contribution in [-0.2, 0) is 16.0 Å². The number of benzene rings is 3. The molecule has 0 saturated carbocycles. The quantitative estimate of drug-likeness (QED) is 0.189. The predicted molar refractivity (Wildman–Crippen MR) is 144 cm³/mol. The first-order chi connectivity index (χ1) is 18.0. The van der Waals surface area contributed by atoms with Crippen molar-refractivity contribution in [1.29, 1.82) is 0 Å². The van der Waals surface area contributed by atoms with E-state index in [4.69, 9.17) is 13.9 Å². The average molecular weight is 503 g/mol. The maximum Gasteiger partial charge on any atom is 0.311 e. The van der Waals surface area contributed by atoms with Gasteiger partial charge in [0.15, 0.2) is 5.58 Å². The topological polar surface area (TPSA) is 85.0 Å². The van der Waals surface area contributed by atoms with Crippen LogP contribution in [0.2, 0.25) is 0 Å². The summed E-state index contributed by atoms with van der Waals surface area (Å²) >= 11 is 0. The van der Waals surface area contributed by atoms with E-state index >= 15 is 0 Å². The van der Waals surface area contributed by atoms with Crippen LogP contribution in [0.4, 0.5) is 6.01 Å². The number of likely N-dealkylation sites (N-methyl/N-ethyl adjacent to an activating group) is 1. The van der Waals surface area contributed by atoms with Gasteiger partial charge in [0, 0.05) is 7.05 Å². The first-order valence-electron chi connectivity index (χ1n) is 12.6. The van der Waals surface area contributed by atoms with Crippen LogP contribution in [0.3, 0.4) is 0 Å². The number of para-hydroxylation sites is 2. The largest absolute Gasteiger partial charge is 0.492 e. The summed E-state index contributed by atoms with van der Waals surface area (Å²) in [5.41, 5.74) is 3.50. The minimum atomic E-state index is -0.941. The highest BCUT2D eigenvalue weighted by molar-refractivity contribution is 5.74. The van der Waals surface area contributed by atoms with Crippen LogP contribution in [0.1, 0.15) is 36.5 Å². The zero-order valence-corrected chi connectivity index (χ0v) is 21.4. The lowest BCUT2D eigenvalue weighted by Gasteiger charge is -2.21. The number of aryl methyl sites for hydroxylation is 1. The molecule has 0 saturated heterocycles. The SMILES string of the molecule is COC(=O)C(CCCCc1ccccc1)C(O)c1ccc(OCCN(C)c2nc3ccccc3o2)cc1. The average Bonchev–Trinajstić information content (AvgIpc) is 3.38. The molecule has 2 unspecified atom stereocenters. The Morgan fingerprint density at radius 2 is 1.73 bits per heavy atom. The molecule has 2 atom stereocenters. The van der Waals surface area contributed by atoms with E-state index in [2.05, 4.69) is 17.1 Å². The fourth-order valence-electron chi connectivity index (χ4n) is 4.31. The highest BCUT2D eigenvalue weighted by Gasteiger charge is 2.28. The predicted octanol–water partition coefficient (Wildman–Crippen LogP) is 5.58. The minimum absolute atomic E-state index is 0.394. The summed E-state index contributed by atoms with van der Waals surface area (Å²) < 4.78 is 16.6. The number of methoxy groups -OCH3 is 1. The number of oxazole rings is 1. The maximum absolute atomic E-state index is 12.4. The molecule has 0 radical (unpaired) electrons. The van der Waals surface area contributed by atoms with E-state index in [1.807, 2.05) is 66.5 Å². The molecule has 4 aromatic rings. The van der Waals surface area contributed by atoms with Crippen LogP contribution in [0, 0.1) is 5.92 Å². The molecule has 7 heteroatoms. The molecule has 37 heavy (non-hydrogen) atoms. The Labute approximate surface area is 217 Å². The standard InChI is InChI=1S/C30H34N2O5/c1-32(30-31-26-14-8-9-15-27(26)37-30)20-21-36-24-18-16-23(17-19-24)28(33)25(29(34)35-2)13-7-6-12-22-10-4-3-5-11-22/h3-5,8-11,14-19,25,28,33H,6-7,12-13,20-21H2,1-2H3. The van der Waals surface area contributed by atoms with Gasteiger partial charge in [-0.05, 0) is 54.7 Å². The molecule has 3 aromatic carbocycles. The first-order valence-corrected chi connectivity index (χ1v) is 12.6. The van der Waals surface area contributed by atoms with Crippen molar-refractivity contribution >= 4 is 23.1 Å². The van der Waals surface area contributed by atoms with E-state index in [1.165, 1.54) is 12.7 Å². The fourth-order valence-corrected chi connectivity index (χ4v) is 4.31. The van der Waals surface area contributed by atoms with Crippen molar-refractivity contribution in [2.75, 3.05) is 32.2 Å². The Balaban J connectivity index is 1.26. The molecule has 1 N–H and O–H groups in total. The van der Waals surface area contributed by atoms with Crippen molar-refractivity contribution in [2.45, 2.75) is 31.8 Å². The van der Waals surface area contributed by atoms with Gasteiger partial charge in [-0.3, -0.25) is 4.79 Å². The van der Waals surface area contributed by atoms with Gasteiger partial charge in [-0.2, -0.15) is 4.98 Å². The van der Waals surface area contributed by atoms with Gasteiger partial charge < -0.3 is 23.9 Å². The third-order valence-electron chi connectivity index (χ3n) is 6.48.